The van der Waals surface area contributed by atoms with Crippen LogP contribution < -0.4 is 15.4 Å². The maximum absolute atomic E-state index is 14.1. The van der Waals surface area contributed by atoms with Gasteiger partial charge in [0.1, 0.15) is 11.6 Å². The number of benzene rings is 2. The number of hydrogen-bond donors (Lipinski definition) is 2. The topological polar surface area (TPSA) is 81.9 Å². The molecule has 1 aliphatic heterocycles. The van der Waals surface area contributed by atoms with E-state index in [1.807, 2.05) is 25.1 Å². The Morgan fingerprint density at radius 3 is 2.58 bits per heavy atom. The third-order valence-electron chi connectivity index (χ3n) is 5.38. The summed E-state index contributed by atoms with van der Waals surface area (Å²) >= 11 is 0. The second kappa shape index (κ2) is 14.0. The van der Waals surface area contributed by atoms with Crippen LogP contribution in [0.25, 0.3) is 0 Å². The van der Waals surface area contributed by atoms with Gasteiger partial charge in [0.15, 0.2) is 5.96 Å². The summed E-state index contributed by atoms with van der Waals surface area (Å²) in [4.78, 5) is 6.93. The summed E-state index contributed by atoms with van der Waals surface area (Å²) in [6, 6.07) is 14.6. The Labute approximate surface area is 212 Å². The summed E-state index contributed by atoms with van der Waals surface area (Å²) in [7, 11) is 1.66. The van der Waals surface area contributed by atoms with Crippen LogP contribution in [0.2, 0.25) is 0 Å². The Balaban J connectivity index is 0.00000385. The third-order valence-corrected chi connectivity index (χ3v) is 5.38. The highest BCUT2D eigenvalue weighted by Gasteiger charge is 2.23. The number of aliphatic imine (C=N–C) groups is 1. The van der Waals surface area contributed by atoms with E-state index >= 15 is 0 Å². The number of methoxy groups -OCH3 is 1. The fourth-order valence-corrected chi connectivity index (χ4v) is 3.64. The Morgan fingerprint density at radius 2 is 1.94 bits per heavy atom. The first-order valence-corrected chi connectivity index (χ1v) is 10.8. The highest BCUT2D eigenvalue weighted by atomic mass is 127. The summed E-state index contributed by atoms with van der Waals surface area (Å²) in [5.74, 6) is 1.05. The van der Waals surface area contributed by atoms with Crippen molar-refractivity contribution in [2.24, 2.45) is 4.99 Å². The molecule has 1 aliphatic rings. The molecule has 178 valence electrons. The van der Waals surface area contributed by atoms with Gasteiger partial charge in [0.25, 0.3) is 0 Å². The molecule has 7 nitrogen and oxygen atoms in total. The highest BCUT2D eigenvalue weighted by Crippen LogP contribution is 2.23. The van der Waals surface area contributed by atoms with Crippen molar-refractivity contribution in [1.29, 1.82) is 5.26 Å². The van der Waals surface area contributed by atoms with Crippen molar-refractivity contribution < 1.29 is 13.9 Å². The molecule has 2 aromatic rings. The molecule has 2 N–H and O–H groups in total. The van der Waals surface area contributed by atoms with Gasteiger partial charge in [-0.25, -0.2) is 9.38 Å². The summed E-state index contributed by atoms with van der Waals surface area (Å²) in [6.07, 6.45) is 0. The van der Waals surface area contributed by atoms with Crippen molar-refractivity contribution in [3.63, 3.8) is 0 Å². The lowest BCUT2D eigenvalue weighted by molar-refractivity contribution is 0.0170. The van der Waals surface area contributed by atoms with Gasteiger partial charge >= 0.3 is 0 Å². The molecular formula is C24H31FIN5O2. The number of hydrogen-bond acceptors (Lipinski definition) is 5. The van der Waals surface area contributed by atoms with Gasteiger partial charge in [0.2, 0.25) is 0 Å². The standard InChI is InChI=1S/C24H30FN5O2.HI/c1-3-27-24(28-16-20-14-18(15-26)4-9-22(20)25)29-17-23(30-10-12-32-13-11-30)19-5-7-21(31-2)8-6-19;/h4-9,14,23H,3,10-13,16-17H2,1-2H3,(H2,27,28,29);1H. The zero-order chi connectivity index (χ0) is 22.8. The molecule has 0 bridgehead atoms. The Morgan fingerprint density at radius 1 is 1.21 bits per heavy atom. The molecule has 0 saturated carbocycles. The molecule has 3 rings (SSSR count). The molecule has 0 spiro atoms. The molecular weight excluding hydrogens is 536 g/mol. The number of nitrogens with one attached hydrogen (secondary N) is 2. The molecule has 2 aromatic carbocycles. The van der Waals surface area contributed by atoms with E-state index in [9.17, 15) is 4.39 Å². The second-order valence-electron chi connectivity index (χ2n) is 7.43. The van der Waals surface area contributed by atoms with Gasteiger partial charge < -0.3 is 20.1 Å². The van der Waals surface area contributed by atoms with Gasteiger partial charge in [-0.2, -0.15) is 5.26 Å². The van der Waals surface area contributed by atoms with Gasteiger partial charge in [0.05, 0.1) is 44.5 Å². The molecule has 1 heterocycles. The van der Waals surface area contributed by atoms with Crippen molar-refractivity contribution in [1.82, 2.24) is 15.5 Å². The minimum Gasteiger partial charge on any atom is -0.497 e. The summed E-state index contributed by atoms with van der Waals surface area (Å²) in [5.41, 5.74) is 1.98. The van der Waals surface area contributed by atoms with Crippen LogP contribution in [0.4, 0.5) is 4.39 Å². The first-order chi connectivity index (χ1) is 15.6. The zero-order valence-corrected chi connectivity index (χ0v) is 21.3. The highest BCUT2D eigenvalue weighted by molar-refractivity contribution is 14.0. The normalized spacial score (nSPS) is 15.2. The lowest BCUT2D eigenvalue weighted by Crippen LogP contribution is -2.46. The van der Waals surface area contributed by atoms with E-state index in [0.717, 1.165) is 18.8 Å². The maximum Gasteiger partial charge on any atom is 0.191 e. The zero-order valence-electron chi connectivity index (χ0n) is 19.0. The lowest BCUT2D eigenvalue weighted by atomic mass is 10.0. The molecule has 1 saturated heterocycles. The van der Waals surface area contributed by atoms with Crippen LogP contribution in [-0.4, -0.2) is 57.4 Å². The predicted molar refractivity (Wildman–Crippen MR) is 137 cm³/mol. The van der Waals surface area contributed by atoms with Gasteiger partial charge in [-0.1, -0.05) is 12.1 Å². The largest absolute Gasteiger partial charge is 0.497 e. The number of ether oxygens (including phenoxy) is 2. The van der Waals surface area contributed by atoms with Crippen LogP contribution >= 0.6 is 24.0 Å². The quantitative estimate of drug-likeness (QED) is 0.289. The van der Waals surface area contributed by atoms with E-state index in [1.165, 1.54) is 23.8 Å². The molecule has 0 radical (unpaired) electrons. The van der Waals surface area contributed by atoms with E-state index in [-0.39, 0.29) is 42.4 Å². The summed E-state index contributed by atoms with van der Waals surface area (Å²) < 4.78 is 25.0. The summed E-state index contributed by atoms with van der Waals surface area (Å²) in [6.45, 7) is 6.52. The van der Waals surface area contributed by atoms with Crippen LogP contribution in [0, 0.1) is 17.1 Å². The average Bonchev–Trinajstić information content (AvgIpc) is 2.84. The van der Waals surface area contributed by atoms with Gasteiger partial charge in [0, 0.05) is 31.7 Å². The van der Waals surface area contributed by atoms with Crippen LogP contribution in [0.5, 0.6) is 5.75 Å². The molecule has 0 aromatic heterocycles. The minimum atomic E-state index is -0.368. The smallest absolute Gasteiger partial charge is 0.191 e. The Bertz CT molecular complexity index is 943. The first kappa shape index (κ1) is 26.8. The van der Waals surface area contributed by atoms with E-state index in [1.54, 1.807) is 7.11 Å². The average molecular weight is 567 g/mol. The second-order valence-corrected chi connectivity index (χ2v) is 7.43. The van der Waals surface area contributed by atoms with E-state index in [2.05, 4.69) is 32.7 Å². The van der Waals surface area contributed by atoms with Crippen molar-refractivity contribution >= 4 is 29.9 Å². The fourth-order valence-electron chi connectivity index (χ4n) is 3.64. The van der Waals surface area contributed by atoms with Gasteiger partial charge in [-0.3, -0.25) is 4.90 Å². The van der Waals surface area contributed by atoms with Crippen LogP contribution in [-0.2, 0) is 11.3 Å². The molecule has 1 unspecified atom stereocenters. The van der Waals surface area contributed by atoms with Crippen LogP contribution in [0.15, 0.2) is 47.5 Å². The van der Waals surface area contributed by atoms with Gasteiger partial charge in [-0.05, 0) is 42.8 Å². The van der Waals surface area contributed by atoms with E-state index in [4.69, 9.17) is 14.7 Å². The lowest BCUT2D eigenvalue weighted by Gasteiger charge is -2.35. The van der Waals surface area contributed by atoms with Crippen LogP contribution in [0.1, 0.15) is 29.7 Å². The monoisotopic (exact) mass is 567 g/mol. The number of halogens is 2. The summed E-state index contributed by atoms with van der Waals surface area (Å²) in [5, 5.41) is 15.7. The third kappa shape index (κ3) is 7.84. The van der Waals surface area contributed by atoms with Crippen molar-refractivity contribution in [3.8, 4) is 11.8 Å². The Kier molecular flexibility index (Phi) is 11.4. The number of nitriles is 1. The number of nitrogens with zero attached hydrogens (tertiary/aromatic N) is 3. The van der Waals surface area contributed by atoms with E-state index < -0.39 is 0 Å². The molecule has 1 atom stereocenters. The van der Waals surface area contributed by atoms with Crippen molar-refractivity contribution in [2.75, 3.05) is 46.5 Å². The predicted octanol–water partition coefficient (Wildman–Crippen LogP) is 3.45. The minimum absolute atomic E-state index is 0. The number of guanidine groups is 1. The molecule has 1 fully saturated rings. The maximum atomic E-state index is 14.1. The van der Waals surface area contributed by atoms with Crippen molar-refractivity contribution in [3.05, 3.63) is 65.0 Å². The van der Waals surface area contributed by atoms with Crippen LogP contribution in [0.3, 0.4) is 0 Å². The van der Waals surface area contributed by atoms with E-state index in [0.29, 0.717) is 43.4 Å². The molecule has 0 aliphatic carbocycles. The first-order valence-electron chi connectivity index (χ1n) is 10.8. The SMILES string of the molecule is CCNC(=NCc1cc(C#N)ccc1F)NCC(c1ccc(OC)cc1)N1CCOCC1.I. The fraction of sp³-hybridized carbons (Fsp3) is 0.417. The Hall–Kier alpha value is -2.42. The molecule has 9 heteroatoms. The molecule has 33 heavy (non-hydrogen) atoms. The number of morpholine rings is 1. The molecule has 0 amide bonds. The van der Waals surface area contributed by atoms with Gasteiger partial charge in [-0.15, -0.1) is 24.0 Å². The van der Waals surface area contributed by atoms with Crippen molar-refractivity contribution in [2.45, 2.75) is 19.5 Å². The number of rotatable bonds is 8.